The van der Waals surface area contributed by atoms with Crippen molar-refractivity contribution in [2.45, 2.75) is 39.4 Å². The third-order valence-electron chi connectivity index (χ3n) is 3.06. The van der Waals surface area contributed by atoms with Crippen molar-refractivity contribution in [3.63, 3.8) is 0 Å². The molecule has 0 saturated heterocycles. The number of aromatic hydroxyl groups is 1. The summed E-state index contributed by atoms with van der Waals surface area (Å²) < 4.78 is 25.7. The van der Waals surface area contributed by atoms with Gasteiger partial charge < -0.3 is 5.11 Å². The quantitative estimate of drug-likeness (QED) is 0.905. The van der Waals surface area contributed by atoms with Crippen LogP contribution < -0.4 is 4.31 Å². The van der Waals surface area contributed by atoms with Gasteiger partial charge in [-0.25, -0.2) is 8.42 Å². The fraction of sp³-hybridized carbons (Fsp3) is 0.571. The molecule has 0 radical (unpaired) electrons. The first kappa shape index (κ1) is 15.8. The largest absolute Gasteiger partial charge is 0.508 e. The predicted octanol–water partition coefficient (Wildman–Crippen LogP) is 2.77. The fourth-order valence-electron chi connectivity index (χ4n) is 1.93. The maximum Gasteiger partial charge on any atom is 0.237 e. The molecule has 1 rings (SSSR count). The van der Waals surface area contributed by atoms with Crippen LogP contribution in [0.1, 0.15) is 33.3 Å². The molecule has 0 aromatic heterocycles. The van der Waals surface area contributed by atoms with Gasteiger partial charge in [-0.1, -0.05) is 19.9 Å². The lowest BCUT2D eigenvalue weighted by atomic mass is 10.0. The maximum atomic E-state index is 12.2. The molecule has 1 N–H and O–H groups in total. The van der Waals surface area contributed by atoms with E-state index < -0.39 is 15.3 Å². The summed E-state index contributed by atoms with van der Waals surface area (Å²) in [6.45, 7) is 7.37. The van der Waals surface area contributed by atoms with Crippen LogP contribution in [0, 0.1) is 5.92 Å². The number of sulfonamides is 1. The van der Waals surface area contributed by atoms with E-state index in [1.165, 1.54) is 11.4 Å². The van der Waals surface area contributed by atoms with Crippen LogP contribution in [-0.2, 0) is 16.4 Å². The molecule has 0 saturated carbocycles. The van der Waals surface area contributed by atoms with Crippen molar-refractivity contribution in [3.05, 3.63) is 23.8 Å². The summed E-state index contributed by atoms with van der Waals surface area (Å²) in [5.41, 5.74) is 1.24. The van der Waals surface area contributed by atoms with Crippen LogP contribution >= 0.6 is 0 Å². The van der Waals surface area contributed by atoms with Crippen LogP contribution in [0.3, 0.4) is 0 Å². The molecule has 0 heterocycles. The van der Waals surface area contributed by atoms with Gasteiger partial charge in [-0.2, -0.15) is 0 Å². The molecule has 0 unspecified atom stereocenters. The molecule has 5 heteroatoms. The van der Waals surface area contributed by atoms with Crippen molar-refractivity contribution in [2.75, 3.05) is 11.4 Å². The molecule has 0 spiro atoms. The molecule has 1 aromatic carbocycles. The lowest BCUT2D eigenvalue weighted by Gasteiger charge is -2.25. The van der Waals surface area contributed by atoms with Gasteiger partial charge in [0.2, 0.25) is 10.0 Å². The van der Waals surface area contributed by atoms with E-state index in [9.17, 15) is 13.5 Å². The summed E-state index contributed by atoms with van der Waals surface area (Å²) in [6.07, 6.45) is 0.639. The molecule has 108 valence electrons. The predicted molar refractivity (Wildman–Crippen MR) is 79.1 cm³/mol. The van der Waals surface area contributed by atoms with Gasteiger partial charge in [0.1, 0.15) is 5.75 Å². The molecule has 0 atom stereocenters. The van der Waals surface area contributed by atoms with E-state index >= 15 is 0 Å². The third kappa shape index (κ3) is 3.41. The molecule has 19 heavy (non-hydrogen) atoms. The normalized spacial score (nSPS) is 12.2. The Kier molecular flexibility index (Phi) is 4.85. The van der Waals surface area contributed by atoms with Crippen LogP contribution in [0.4, 0.5) is 5.69 Å². The van der Waals surface area contributed by atoms with Gasteiger partial charge in [0.25, 0.3) is 0 Å². The van der Waals surface area contributed by atoms with Gasteiger partial charge in [0.15, 0.2) is 0 Å². The van der Waals surface area contributed by atoms with Crippen LogP contribution in [0.2, 0.25) is 0 Å². The molecule has 0 bridgehead atoms. The summed E-state index contributed by atoms with van der Waals surface area (Å²) in [6, 6.07) is 5.00. The van der Waals surface area contributed by atoms with Crippen molar-refractivity contribution in [2.24, 2.45) is 5.92 Å². The standard InChI is InChI=1S/C14H23NO3S/c1-10(2)9-12-13(7-6-8-14(12)16)15(5)19(17,18)11(3)4/h6-8,10-11,16H,9H2,1-5H3. The van der Waals surface area contributed by atoms with Crippen LogP contribution in [0.15, 0.2) is 18.2 Å². The number of hydrogen-bond acceptors (Lipinski definition) is 3. The van der Waals surface area contributed by atoms with E-state index in [0.29, 0.717) is 23.6 Å². The van der Waals surface area contributed by atoms with Crippen molar-refractivity contribution in [1.29, 1.82) is 0 Å². The number of benzene rings is 1. The highest BCUT2D eigenvalue weighted by Gasteiger charge is 2.25. The Bertz CT molecular complexity index is 536. The second-order valence-corrected chi connectivity index (χ2v) is 7.95. The van der Waals surface area contributed by atoms with Crippen molar-refractivity contribution < 1.29 is 13.5 Å². The molecule has 0 aliphatic heterocycles. The van der Waals surface area contributed by atoms with Gasteiger partial charge in [-0.3, -0.25) is 4.31 Å². The van der Waals surface area contributed by atoms with E-state index in [4.69, 9.17) is 0 Å². The first-order valence-electron chi connectivity index (χ1n) is 6.46. The Hall–Kier alpha value is -1.23. The lowest BCUT2D eigenvalue weighted by Crippen LogP contribution is -2.33. The summed E-state index contributed by atoms with van der Waals surface area (Å²) in [5, 5.41) is 9.48. The minimum absolute atomic E-state index is 0.150. The molecular weight excluding hydrogens is 262 g/mol. The summed E-state index contributed by atoms with van der Waals surface area (Å²) in [4.78, 5) is 0. The monoisotopic (exact) mass is 285 g/mol. The average Bonchev–Trinajstić information content (AvgIpc) is 2.30. The smallest absolute Gasteiger partial charge is 0.237 e. The summed E-state index contributed by atoms with van der Waals surface area (Å²) in [5.74, 6) is 0.485. The van der Waals surface area contributed by atoms with Crippen LogP contribution in [0.5, 0.6) is 5.75 Å². The summed E-state index contributed by atoms with van der Waals surface area (Å²) >= 11 is 0. The van der Waals surface area contributed by atoms with E-state index in [0.717, 1.165) is 0 Å². The Balaban J connectivity index is 3.31. The second-order valence-electron chi connectivity index (χ2n) is 5.43. The maximum absolute atomic E-state index is 12.2. The zero-order chi connectivity index (χ0) is 14.8. The van der Waals surface area contributed by atoms with Gasteiger partial charge in [-0.15, -0.1) is 0 Å². The minimum atomic E-state index is -3.38. The highest BCUT2D eigenvalue weighted by Crippen LogP contribution is 2.32. The van der Waals surface area contributed by atoms with Gasteiger partial charge in [0.05, 0.1) is 10.9 Å². The number of rotatable bonds is 5. The van der Waals surface area contributed by atoms with E-state index in [1.807, 2.05) is 13.8 Å². The zero-order valence-corrected chi connectivity index (χ0v) is 13.0. The molecule has 0 aliphatic carbocycles. The van der Waals surface area contributed by atoms with Crippen LogP contribution in [0.25, 0.3) is 0 Å². The summed E-state index contributed by atoms with van der Waals surface area (Å²) in [7, 11) is -1.85. The first-order chi connectivity index (χ1) is 8.67. The highest BCUT2D eigenvalue weighted by molar-refractivity contribution is 7.93. The Morgan fingerprint density at radius 3 is 2.26 bits per heavy atom. The Labute approximate surface area is 116 Å². The molecule has 0 amide bonds. The molecular formula is C14H23NO3S. The fourth-order valence-corrected chi connectivity index (χ4v) is 3.01. The number of hydrogen-bond donors (Lipinski definition) is 1. The third-order valence-corrected chi connectivity index (χ3v) is 5.21. The average molecular weight is 285 g/mol. The number of anilines is 1. The number of phenolic OH excluding ortho intramolecular Hbond substituents is 1. The molecule has 0 aliphatic rings. The van der Waals surface area contributed by atoms with Crippen molar-refractivity contribution in [3.8, 4) is 5.75 Å². The minimum Gasteiger partial charge on any atom is -0.508 e. The second kappa shape index (κ2) is 5.82. The van der Waals surface area contributed by atoms with E-state index in [-0.39, 0.29) is 5.75 Å². The lowest BCUT2D eigenvalue weighted by molar-refractivity contribution is 0.463. The highest BCUT2D eigenvalue weighted by atomic mass is 32.2. The van der Waals surface area contributed by atoms with E-state index in [2.05, 4.69) is 0 Å². The Morgan fingerprint density at radius 1 is 1.21 bits per heavy atom. The molecule has 1 aromatic rings. The number of phenols is 1. The van der Waals surface area contributed by atoms with Crippen molar-refractivity contribution in [1.82, 2.24) is 0 Å². The van der Waals surface area contributed by atoms with Gasteiger partial charge in [0, 0.05) is 12.6 Å². The van der Waals surface area contributed by atoms with Gasteiger partial charge in [-0.05, 0) is 38.3 Å². The topological polar surface area (TPSA) is 57.6 Å². The first-order valence-corrected chi connectivity index (χ1v) is 7.96. The molecule has 4 nitrogen and oxygen atoms in total. The van der Waals surface area contributed by atoms with Crippen LogP contribution in [-0.4, -0.2) is 25.8 Å². The van der Waals surface area contributed by atoms with Crippen molar-refractivity contribution >= 4 is 15.7 Å². The SMILES string of the molecule is CC(C)Cc1c(O)cccc1N(C)S(=O)(=O)C(C)C. The van der Waals surface area contributed by atoms with Gasteiger partial charge >= 0.3 is 0 Å². The zero-order valence-electron chi connectivity index (χ0n) is 12.2. The van der Waals surface area contributed by atoms with E-state index in [1.54, 1.807) is 32.0 Å². The number of nitrogens with zero attached hydrogens (tertiary/aromatic N) is 1. The Morgan fingerprint density at radius 2 is 1.79 bits per heavy atom. The molecule has 0 fully saturated rings.